The quantitative estimate of drug-likeness (QED) is 0.113. The van der Waals surface area contributed by atoms with Crippen LogP contribution in [0.1, 0.15) is 48.2 Å². The number of hydrogen-bond acceptors (Lipinski definition) is 6. The Morgan fingerprint density at radius 2 is 1.44 bits per heavy atom. The molecule has 0 heterocycles. The average molecular weight is 624 g/mol. The Hall–Kier alpha value is -5.02. The fourth-order valence-electron chi connectivity index (χ4n) is 4.35. The van der Waals surface area contributed by atoms with Crippen molar-refractivity contribution >= 4 is 46.9 Å². The van der Waals surface area contributed by atoms with Gasteiger partial charge in [0.05, 0.1) is 19.5 Å². The summed E-state index contributed by atoms with van der Waals surface area (Å²) in [5.41, 5.74) is 3.51. The van der Waals surface area contributed by atoms with Crippen molar-refractivity contribution in [3.05, 3.63) is 119 Å². The van der Waals surface area contributed by atoms with E-state index in [-0.39, 0.29) is 11.6 Å². The lowest BCUT2D eigenvalue weighted by Crippen LogP contribution is -2.30. The fourth-order valence-corrected chi connectivity index (χ4v) is 5.28. The summed E-state index contributed by atoms with van der Waals surface area (Å²) in [5, 5.41) is 8.19. The third-order valence-electron chi connectivity index (χ3n) is 6.87. The molecule has 0 aliphatic heterocycles. The van der Waals surface area contributed by atoms with Crippen LogP contribution in [-0.4, -0.2) is 37.2 Å². The van der Waals surface area contributed by atoms with Crippen LogP contribution < -0.4 is 25.4 Å². The second kappa shape index (κ2) is 15.6. The SMILES string of the molecule is COc1ccc(/C=C(/NC(=O)c2ccccc2)C(=O)Nc2cccc(SC(C)C(=O)Nc3ccc(C(C)C)cc3)c2)cc1OC. The maximum atomic E-state index is 13.6. The highest BCUT2D eigenvalue weighted by Gasteiger charge is 2.18. The number of carbonyl (C=O) groups excluding carboxylic acids is 3. The number of carbonyl (C=O) groups is 3. The molecule has 4 aromatic carbocycles. The molecule has 0 aliphatic carbocycles. The highest BCUT2D eigenvalue weighted by atomic mass is 32.2. The molecule has 8 nitrogen and oxygen atoms in total. The smallest absolute Gasteiger partial charge is 0.272 e. The van der Waals surface area contributed by atoms with E-state index in [1.165, 1.54) is 31.5 Å². The molecular weight excluding hydrogens is 586 g/mol. The Morgan fingerprint density at radius 1 is 0.733 bits per heavy atom. The summed E-state index contributed by atoms with van der Waals surface area (Å²) in [7, 11) is 3.06. The maximum Gasteiger partial charge on any atom is 0.272 e. The molecule has 9 heteroatoms. The topological polar surface area (TPSA) is 106 Å². The molecule has 4 aromatic rings. The van der Waals surface area contributed by atoms with Gasteiger partial charge in [0, 0.05) is 21.8 Å². The van der Waals surface area contributed by atoms with Gasteiger partial charge in [-0.2, -0.15) is 0 Å². The van der Waals surface area contributed by atoms with Gasteiger partial charge in [0.25, 0.3) is 11.8 Å². The van der Waals surface area contributed by atoms with Gasteiger partial charge in [0.1, 0.15) is 5.70 Å². The third kappa shape index (κ3) is 9.23. The number of anilines is 2. The van der Waals surface area contributed by atoms with Crippen molar-refractivity contribution in [3.8, 4) is 11.5 Å². The van der Waals surface area contributed by atoms with Crippen molar-refractivity contribution in [3.63, 3.8) is 0 Å². The number of amides is 3. The van der Waals surface area contributed by atoms with E-state index in [0.717, 1.165) is 10.6 Å². The van der Waals surface area contributed by atoms with E-state index >= 15 is 0 Å². The van der Waals surface area contributed by atoms with Crippen molar-refractivity contribution in [1.29, 1.82) is 0 Å². The first kappa shape index (κ1) is 32.9. The summed E-state index contributed by atoms with van der Waals surface area (Å²) in [6.45, 7) is 6.08. The first-order chi connectivity index (χ1) is 21.7. The van der Waals surface area contributed by atoms with E-state index in [0.29, 0.717) is 34.2 Å². The van der Waals surface area contributed by atoms with Crippen LogP contribution in [0, 0.1) is 0 Å². The zero-order valence-electron chi connectivity index (χ0n) is 25.9. The van der Waals surface area contributed by atoms with Crippen LogP contribution in [0.3, 0.4) is 0 Å². The van der Waals surface area contributed by atoms with Gasteiger partial charge in [0.2, 0.25) is 5.91 Å². The molecule has 3 N–H and O–H groups in total. The predicted octanol–water partition coefficient (Wildman–Crippen LogP) is 7.36. The van der Waals surface area contributed by atoms with Gasteiger partial charge in [-0.15, -0.1) is 11.8 Å². The van der Waals surface area contributed by atoms with Crippen LogP contribution in [0.5, 0.6) is 11.5 Å². The zero-order chi connectivity index (χ0) is 32.3. The summed E-state index contributed by atoms with van der Waals surface area (Å²) in [6.07, 6.45) is 1.57. The first-order valence-corrected chi connectivity index (χ1v) is 15.3. The third-order valence-corrected chi connectivity index (χ3v) is 7.96. The van der Waals surface area contributed by atoms with E-state index in [1.54, 1.807) is 66.7 Å². The average Bonchev–Trinajstić information content (AvgIpc) is 3.05. The number of benzene rings is 4. The van der Waals surface area contributed by atoms with Crippen molar-refractivity contribution < 1.29 is 23.9 Å². The first-order valence-electron chi connectivity index (χ1n) is 14.5. The highest BCUT2D eigenvalue weighted by Crippen LogP contribution is 2.29. The lowest BCUT2D eigenvalue weighted by atomic mass is 10.0. The Kier molecular flexibility index (Phi) is 11.4. The predicted molar refractivity (Wildman–Crippen MR) is 181 cm³/mol. The Morgan fingerprint density at radius 3 is 2.11 bits per heavy atom. The molecule has 1 unspecified atom stereocenters. The van der Waals surface area contributed by atoms with E-state index in [2.05, 4.69) is 29.8 Å². The molecule has 0 radical (unpaired) electrons. The molecule has 3 amide bonds. The lowest BCUT2D eigenvalue weighted by molar-refractivity contribution is -0.115. The second-order valence-corrected chi connectivity index (χ2v) is 11.9. The molecule has 0 bridgehead atoms. The number of rotatable bonds is 12. The van der Waals surface area contributed by atoms with Crippen molar-refractivity contribution in [2.24, 2.45) is 0 Å². The number of hydrogen-bond donors (Lipinski definition) is 3. The van der Waals surface area contributed by atoms with Gasteiger partial charge in [-0.05, 0) is 84.6 Å². The van der Waals surface area contributed by atoms with Crippen molar-refractivity contribution in [2.75, 3.05) is 24.9 Å². The minimum Gasteiger partial charge on any atom is -0.493 e. The molecule has 0 aliphatic rings. The van der Waals surface area contributed by atoms with E-state index in [1.807, 2.05) is 43.3 Å². The highest BCUT2D eigenvalue weighted by molar-refractivity contribution is 8.00. The fraction of sp³-hybridized carbons (Fsp3) is 0.194. The lowest BCUT2D eigenvalue weighted by Gasteiger charge is -2.15. The monoisotopic (exact) mass is 623 g/mol. The van der Waals surface area contributed by atoms with Gasteiger partial charge >= 0.3 is 0 Å². The van der Waals surface area contributed by atoms with Gasteiger partial charge in [-0.25, -0.2) is 0 Å². The van der Waals surface area contributed by atoms with Crippen molar-refractivity contribution in [1.82, 2.24) is 5.32 Å². The van der Waals surface area contributed by atoms with Crippen LogP contribution >= 0.6 is 11.8 Å². The summed E-state index contributed by atoms with van der Waals surface area (Å²) >= 11 is 1.37. The minimum absolute atomic E-state index is 0.0327. The van der Waals surface area contributed by atoms with Crippen LogP contribution in [0.25, 0.3) is 6.08 Å². The van der Waals surface area contributed by atoms with Crippen LogP contribution in [0.2, 0.25) is 0 Å². The largest absolute Gasteiger partial charge is 0.493 e. The molecule has 4 rings (SSSR count). The summed E-state index contributed by atoms with van der Waals surface area (Å²) in [5.74, 6) is 0.351. The molecule has 0 aromatic heterocycles. The molecule has 0 saturated carbocycles. The van der Waals surface area contributed by atoms with Crippen LogP contribution in [0.4, 0.5) is 11.4 Å². The Balaban J connectivity index is 1.49. The maximum absolute atomic E-state index is 13.6. The van der Waals surface area contributed by atoms with E-state index in [9.17, 15) is 14.4 Å². The standard InChI is InChI=1S/C36H37N3O5S/c1-23(2)26-15-17-28(18-16-26)37-34(40)24(3)45-30-13-9-12-29(22-30)38-36(42)31(39-35(41)27-10-7-6-8-11-27)20-25-14-19-32(43-4)33(21-25)44-5/h6-24H,1-5H3,(H,37,40)(H,38,42)(H,39,41)/b31-20+. The van der Waals surface area contributed by atoms with Gasteiger partial charge in [-0.1, -0.05) is 56.3 Å². The molecule has 232 valence electrons. The normalized spacial score (nSPS) is 11.8. The number of nitrogens with one attached hydrogen (secondary N) is 3. The van der Waals surface area contributed by atoms with E-state index < -0.39 is 17.1 Å². The van der Waals surface area contributed by atoms with Gasteiger partial charge in [0.15, 0.2) is 11.5 Å². The minimum atomic E-state index is -0.521. The molecule has 0 saturated heterocycles. The summed E-state index contributed by atoms with van der Waals surface area (Å²) in [4.78, 5) is 40.3. The number of methoxy groups -OCH3 is 2. The van der Waals surface area contributed by atoms with Gasteiger partial charge in [-0.3, -0.25) is 14.4 Å². The zero-order valence-corrected chi connectivity index (χ0v) is 26.7. The van der Waals surface area contributed by atoms with Crippen molar-refractivity contribution in [2.45, 2.75) is 36.8 Å². The molecule has 1 atom stereocenters. The molecule has 45 heavy (non-hydrogen) atoms. The summed E-state index contributed by atoms with van der Waals surface area (Å²) in [6, 6.07) is 28.9. The molecule has 0 spiro atoms. The number of ether oxygens (including phenoxy) is 2. The van der Waals surface area contributed by atoms with Crippen LogP contribution in [0.15, 0.2) is 108 Å². The molecule has 0 fully saturated rings. The van der Waals surface area contributed by atoms with Crippen LogP contribution in [-0.2, 0) is 9.59 Å². The Bertz CT molecular complexity index is 1670. The van der Waals surface area contributed by atoms with E-state index in [4.69, 9.17) is 9.47 Å². The number of thioether (sulfide) groups is 1. The molecular formula is C36H37N3O5S. The summed E-state index contributed by atoms with van der Waals surface area (Å²) < 4.78 is 10.7. The second-order valence-electron chi connectivity index (χ2n) is 10.5. The Labute approximate surface area is 268 Å². The van der Waals surface area contributed by atoms with Gasteiger partial charge < -0.3 is 25.4 Å².